The van der Waals surface area contributed by atoms with Crippen molar-refractivity contribution in [2.24, 2.45) is 0 Å². The van der Waals surface area contributed by atoms with Crippen LogP contribution in [-0.4, -0.2) is 40.8 Å². The highest BCUT2D eigenvalue weighted by Gasteiger charge is 2.13. The molecule has 0 amide bonds. The molecule has 4 rings (SSSR count). The Labute approximate surface area is 146 Å². The monoisotopic (exact) mass is 340 g/mol. The molecule has 24 heavy (non-hydrogen) atoms. The first-order chi connectivity index (χ1) is 11.4. The molecule has 122 valence electrons. The van der Waals surface area contributed by atoms with Crippen LogP contribution in [0.1, 0.15) is 5.56 Å². The average Bonchev–Trinajstić information content (AvgIpc) is 3.06. The summed E-state index contributed by atoms with van der Waals surface area (Å²) in [5, 5.41) is 16.8. The van der Waals surface area contributed by atoms with E-state index in [-0.39, 0.29) is 12.4 Å². The van der Waals surface area contributed by atoms with Crippen LogP contribution < -0.4 is 10.2 Å². The molecule has 1 saturated heterocycles. The van der Waals surface area contributed by atoms with E-state index in [1.807, 2.05) is 30.6 Å². The average molecular weight is 341 g/mol. The maximum atomic E-state index is 9.28. The normalized spacial score (nSPS) is 14.2. The standard InChI is InChI=1S/C17H16N6.ClH/c18-10-14-12-21-23-7-1-2-15(17(14)23)13-3-4-16(20-11-13)22-8-5-19-6-9-22;/h1-4,7,11-12,19H,5-6,8-9H2;1H. The molecule has 6 nitrogen and oxygen atoms in total. The van der Waals surface area contributed by atoms with E-state index in [9.17, 15) is 5.26 Å². The summed E-state index contributed by atoms with van der Waals surface area (Å²) in [6.07, 6.45) is 5.32. The van der Waals surface area contributed by atoms with E-state index in [0.29, 0.717) is 5.56 Å². The minimum absolute atomic E-state index is 0. The highest BCUT2D eigenvalue weighted by Crippen LogP contribution is 2.27. The Morgan fingerprint density at radius 3 is 2.67 bits per heavy atom. The fourth-order valence-electron chi connectivity index (χ4n) is 2.98. The fourth-order valence-corrected chi connectivity index (χ4v) is 2.98. The molecule has 3 aromatic rings. The second-order valence-electron chi connectivity index (χ2n) is 5.53. The zero-order valence-electron chi connectivity index (χ0n) is 13.0. The van der Waals surface area contributed by atoms with Gasteiger partial charge in [-0.3, -0.25) is 0 Å². The molecule has 0 unspecified atom stereocenters. The lowest BCUT2D eigenvalue weighted by Crippen LogP contribution is -2.43. The summed E-state index contributed by atoms with van der Waals surface area (Å²) in [7, 11) is 0. The molecule has 0 atom stereocenters. The van der Waals surface area contributed by atoms with Crippen LogP contribution in [0, 0.1) is 11.3 Å². The molecular weight excluding hydrogens is 324 g/mol. The molecular formula is C17H17ClN6. The quantitative estimate of drug-likeness (QED) is 0.773. The Morgan fingerprint density at radius 1 is 1.12 bits per heavy atom. The van der Waals surface area contributed by atoms with Gasteiger partial charge in [-0.2, -0.15) is 10.4 Å². The van der Waals surface area contributed by atoms with Crippen LogP contribution in [0.25, 0.3) is 16.6 Å². The number of nitriles is 1. The molecule has 7 heteroatoms. The topological polar surface area (TPSA) is 69.2 Å². The zero-order valence-corrected chi connectivity index (χ0v) is 13.8. The van der Waals surface area contributed by atoms with Crippen LogP contribution in [0.4, 0.5) is 5.82 Å². The molecule has 3 aromatic heterocycles. The molecule has 1 aliphatic rings. The van der Waals surface area contributed by atoms with Gasteiger partial charge in [-0.1, -0.05) is 6.07 Å². The van der Waals surface area contributed by atoms with Gasteiger partial charge in [0.05, 0.1) is 17.3 Å². The van der Waals surface area contributed by atoms with Crippen molar-refractivity contribution in [1.82, 2.24) is 19.9 Å². The SMILES string of the molecule is Cl.N#Cc1cnn2cccc(-c3ccc(N4CCNCC4)nc3)c12. The Bertz CT molecular complexity index is 874. The first-order valence-corrected chi connectivity index (χ1v) is 7.65. The number of hydrogen-bond donors (Lipinski definition) is 1. The smallest absolute Gasteiger partial charge is 0.128 e. The van der Waals surface area contributed by atoms with Crippen molar-refractivity contribution in [2.75, 3.05) is 31.1 Å². The zero-order chi connectivity index (χ0) is 15.6. The summed E-state index contributed by atoms with van der Waals surface area (Å²) >= 11 is 0. The molecule has 1 N–H and O–H groups in total. The van der Waals surface area contributed by atoms with Crippen molar-refractivity contribution < 1.29 is 0 Å². The maximum Gasteiger partial charge on any atom is 0.128 e. The minimum atomic E-state index is 0. The van der Waals surface area contributed by atoms with Gasteiger partial charge in [0.1, 0.15) is 11.9 Å². The summed E-state index contributed by atoms with van der Waals surface area (Å²) in [6, 6.07) is 10.2. The van der Waals surface area contributed by atoms with E-state index < -0.39 is 0 Å². The van der Waals surface area contributed by atoms with Crippen LogP contribution in [0.5, 0.6) is 0 Å². The largest absolute Gasteiger partial charge is 0.354 e. The minimum Gasteiger partial charge on any atom is -0.354 e. The summed E-state index contributed by atoms with van der Waals surface area (Å²) in [6.45, 7) is 3.93. The first-order valence-electron chi connectivity index (χ1n) is 7.65. The van der Waals surface area contributed by atoms with Crippen molar-refractivity contribution in [2.45, 2.75) is 0 Å². The molecule has 0 saturated carbocycles. The molecule has 4 heterocycles. The number of aromatic nitrogens is 3. The van der Waals surface area contributed by atoms with Crippen molar-refractivity contribution in [3.8, 4) is 17.2 Å². The predicted octanol–water partition coefficient (Wildman–Crippen LogP) is 2.10. The second-order valence-corrected chi connectivity index (χ2v) is 5.53. The van der Waals surface area contributed by atoms with Crippen LogP contribution in [0.15, 0.2) is 42.9 Å². The number of fused-ring (bicyclic) bond motifs is 1. The van der Waals surface area contributed by atoms with Gasteiger partial charge in [0.2, 0.25) is 0 Å². The van der Waals surface area contributed by atoms with E-state index >= 15 is 0 Å². The molecule has 0 aliphatic carbocycles. The van der Waals surface area contributed by atoms with Gasteiger partial charge in [-0.25, -0.2) is 9.50 Å². The van der Waals surface area contributed by atoms with Crippen LogP contribution >= 0.6 is 12.4 Å². The Morgan fingerprint density at radius 2 is 1.96 bits per heavy atom. The Balaban J connectivity index is 0.00000169. The van der Waals surface area contributed by atoms with Gasteiger partial charge in [0.25, 0.3) is 0 Å². The van der Waals surface area contributed by atoms with Gasteiger partial charge in [0.15, 0.2) is 0 Å². The van der Waals surface area contributed by atoms with Crippen LogP contribution in [0.2, 0.25) is 0 Å². The third-order valence-electron chi connectivity index (χ3n) is 4.16. The number of halogens is 1. The van der Waals surface area contributed by atoms with Gasteiger partial charge in [-0.05, 0) is 18.2 Å². The molecule has 0 radical (unpaired) electrons. The van der Waals surface area contributed by atoms with Crippen molar-refractivity contribution in [3.63, 3.8) is 0 Å². The summed E-state index contributed by atoms with van der Waals surface area (Å²) in [5.74, 6) is 0.996. The molecule has 0 spiro atoms. The van der Waals surface area contributed by atoms with Gasteiger partial charge < -0.3 is 10.2 Å². The number of nitrogens with zero attached hydrogens (tertiary/aromatic N) is 5. The van der Waals surface area contributed by atoms with Gasteiger partial charge in [-0.15, -0.1) is 12.4 Å². The summed E-state index contributed by atoms with van der Waals surface area (Å²) in [4.78, 5) is 6.89. The van der Waals surface area contributed by atoms with Gasteiger partial charge >= 0.3 is 0 Å². The van der Waals surface area contributed by atoms with E-state index in [1.54, 1.807) is 10.7 Å². The van der Waals surface area contributed by atoms with E-state index in [0.717, 1.165) is 48.6 Å². The molecule has 0 bridgehead atoms. The number of nitrogens with one attached hydrogen (secondary N) is 1. The third-order valence-corrected chi connectivity index (χ3v) is 4.16. The van der Waals surface area contributed by atoms with Crippen molar-refractivity contribution in [1.29, 1.82) is 5.26 Å². The Hall–Kier alpha value is -2.62. The first kappa shape index (κ1) is 16.2. The van der Waals surface area contributed by atoms with Crippen LogP contribution in [-0.2, 0) is 0 Å². The van der Waals surface area contributed by atoms with E-state index in [1.165, 1.54) is 0 Å². The number of pyridine rings is 2. The summed E-state index contributed by atoms with van der Waals surface area (Å²) < 4.78 is 1.73. The number of piperazine rings is 1. The lowest BCUT2D eigenvalue weighted by molar-refractivity contribution is 0.585. The molecule has 1 aliphatic heterocycles. The van der Waals surface area contributed by atoms with E-state index in [2.05, 4.69) is 32.4 Å². The predicted molar refractivity (Wildman–Crippen MR) is 95.5 cm³/mol. The number of anilines is 1. The van der Waals surface area contributed by atoms with Crippen LogP contribution in [0.3, 0.4) is 0 Å². The van der Waals surface area contributed by atoms with Crippen molar-refractivity contribution >= 4 is 23.7 Å². The van der Waals surface area contributed by atoms with E-state index in [4.69, 9.17) is 0 Å². The second kappa shape index (κ2) is 6.87. The van der Waals surface area contributed by atoms with Gasteiger partial charge in [0, 0.05) is 49.7 Å². The molecule has 1 fully saturated rings. The number of rotatable bonds is 2. The molecule has 0 aromatic carbocycles. The number of hydrogen-bond acceptors (Lipinski definition) is 5. The van der Waals surface area contributed by atoms with Crippen molar-refractivity contribution in [3.05, 3.63) is 48.4 Å². The Kier molecular flexibility index (Phi) is 4.65. The lowest BCUT2D eigenvalue weighted by Gasteiger charge is -2.28. The third kappa shape index (κ3) is 2.80. The maximum absolute atomic E-state index is 9.28. The fraction of sp³-hybridized carbons (Fsp3) is 0.235. The lowest BCUT2D eigenvalue weighted by atomic mass is 10.1. The summed E-state index contributed by atoms with van der Waals surface area (Å²) in [5.41, 5.74) is 3.37. The highest BCUT2D eigenvalue weighted by atomic mass is 35.5. The highest BCUT2D eigenvalue weighted by molar-refractivity contribution is 5.85.